The first-order valence-electron chi connectivity index (χ1n) is 3.33. The highest BCUT2D eigenvalue weighted by Gasteiger charge is 2.04. The maximum Gasteiger partial charge on any atom is 0.229 e. The van der Waals surface area contributed by atoms with E-state index in [1.807, 2.05) is 0 Å². The molecule has 6 heteroatoms. The van der Waals surface area contributed by atoms with Gasteiger partial charge in [0.25, 0.3) is 0 Å². The normalized spacial score (nSPS) is 11.2. The number of primary amides is 1. The van der Waals surface area contributed by atoms with Gasteiger partial charge in [-0.05, 0) is 6.92 Å². The largest absolute Gasteiger partial charge is 0.369 e. The topological polar surface area (TPSA) is 98.2 Å². The summed E-state index contributed by atoms with van der Waals surface area (Å²) in [4.78, 5) is 20.9. The molecule has 1 unspecified atom stereocenters. The zero-order chi connectivity index (χ0) is 8.85. The third kappa shape index (κ3) is 9.19. The van der Waals surface area contributed by atoms with Crippen LogP contribution in [0.2, 0.25) is 0 Å². The summed E-state index contributed by atoms with van der Waals surface area (Å²) in [5.41, 5.74) is 10.1. The van der Waals surface area contributed by atoms with Gasteiger partial charge in [0.2, 0.25) is 11.8 Å². The van der Waals surface area contributed by atoms with E-state index in [-0.39, 0.29) is 30.8 Å². The Bertz CT molecular complexity index is 161. The summed E-state index contributed by atoms with van der Waals surface area (Å²) in [6.07, 6.45) is -0.271. The highest BCUT2D eigenvalue weighted by molar-refractivity contribution is 5.95. The summed E-state index contributed by atoms with van der Waals surface area (Å²) in [7, 11) is 0. The third-order valence-corrected chi connectivity index (χ3v) is 0.956. The second-order valence-electron chi connectivity index (χ2n) is 2.42. The SMILES string of the molecule is CC(N)CNC(=O)CC(N)=O.Cl. The number of halogens is 1. The van der Waals surface area contributed by atoms with E-state index in [4.69, 9.17) is 11.5 Å². The minimum atomic E-state index is -0.632. The molecular formula is C6H14ClN3O2. The molecule has 0 saturated heterocycles. The van der Waals surface area contributed by atoms with Gasteiger partial charge in [0.05, 0.1) is 0 Å². The van der Waals surface area contributed by atoms with Gasteiger partial charge in [-0.2, -0.15) is 0 Å². The van der Waals surface area contributed by atoms with Crippen molar-refractivity contribution in [1.29, 1.82) is 0 Å². The second kappa shape index (κ2) is 6.87. The Morgan fingerprint density at radius 1 is 1.50 bits per heavy atom. The average molecular weight is 196 g/mol. The molecule has 5 nitrogen and oxygen atoms in total. The Balaban J connectivity index is 0. The van der Waals surface area contributed by atoms with Crippen LogP contribution in [-0.4, -0.2) is 24.4 Å². The standard InChI is InChI=1S/C6H13N3O2.ClH/c1-4(7)3-9-6(11)2-5(8)10;/h4H,2-3,7H2,1H3,(H2,8,10)(H,9,11);1H. The summed E-state index contributed by atoms with van der Waals surface area (Å²) >= 11 is 0. The molecule has 0 spiro atoms. The lowest BCUT2D eigenvalue weighted by molar-refractivity contribution is -0.127. The fourth-order valence-electron chi connectivity index (χ4n) is 0.496. The van der Waals surface area contributed by atoms with Crippen LogP contribution in [0.15, 0.2) is 0 Å². The van der Waals surface area contributed by atoms with Crippen LogP contribution in [0.3, 0.4) is 0 Å². The molecule has 0 radical (unpaired) electrons. The molecule has 0 bridgehead atoms. The van der Waals surface area contributed by atoms with Crippen molar-refractivity contribution in [3.05, 3.63) is 0 Å². The fourth-order valence-corrected chi connectivity index (χ4v) is 0.496. The summed E-state index contributed by atoms with van der Waals surface area (Å²) in [6, 6.07) is -0.105. The lowest BCUT2D eigenvalue weighted by Gasteiger charge is -2.05. The number of rotatable bonds is 4. The van der Waals surface area contributed by atoms with Crippen LogP contribution in [0, 0.1) is 0 Å². The first-order valence-corrected chi connectivity index (χ1v) is 3.33. The number of nitrogens with one attached hydrogen (secondary N) is 1. The van der Waals surface area contributed by atoms with Crippen molar-refractivity contribution in [3.8, 4) is 0 Å². The summed E-state index contributed by atoms with van der Waals surface area (Å²) in [5.74, 6) is -1.01. The molecule has 0 heterocycles. The Morgan fingerprint density at radius 3 is 2.33 bits per heavy atom. The van der Waals surface area contributed by atoms with Crippen molar-refractivity contribution in [2.24, 2.45) is 11.5 Å². The van der Waals surface area contributed by atoms with E-state index in [0.717, 1.165) is 0 Å². The number of hydrogen-bond acceptors (Lipinski definition) is 3. The molecule has 0 aromatic rings. The van der Waals surface area contributed by atoms with Gasteiger partial charge in [-0.25, -0.2) is 0 Å². The number of amides is 2. The minimum Gasteiger partial charge on any atom is -0.369 e. The molecule has 0 aliphatic heterocycles. The molecule has 1 atom stereocenters. The Labute approximate surface area is 77.3 Å². The fraction of sp³-hybridized carbons (Fsp3) is 0.667. The second-order valence-corrected chi connectivity index (χ2v) is 2.42. The smallest absolute Gasteiger partial charge is 0.229 e. The molecular weight excluding hydrogens is 182 g/mol. The van der Waals surface area contributed by atoms with E-state index in [0.29, 0.717) is 6.54 Å². The first-order chi connectivity index (χ1) is 5.02. The van der Waals surface area contributed by atoms with Crippen LogP contribution >= 0.6 is 12.4 Å². The predicted molar refractivity (Wildman–Crippen MR) is 47.7 cm³/mol. The molecule has 0 aromatic carbocycles. The van der Waals surface area contributed by atoms with Crippen molar-refractivity contribution >= 4 is 24.2 Å². The van der Waals surface area contributed by atoms with Crippen LogP contribution in [0.1, 0.15) is 13.3 Å². The van der Waals surface area contributed by atoms with Gasteiger partial charge in [0.1, 0.15) is 6.42 Å². The van der Waals surface area contributed by atoms with E-state index < -0.39 is 5.91 Å². The van der Waals surface area contributed by atoms with Crippen LogP contribution in [0.4, 0.5) is 0 Å². The van der Waals surface area contributed by atoms with E-state index in [1.165, 1.54) is 0 Å². The highest BCUT2D eigenvalue weighted by atomic mass is 35.5. The lowest BCUT2D eigenvalue weighted by atomic mass is 10.3. The maximum absolute atomic E-state index is 10.7. The van der Waals surface area contributed by atoms with Crippen molar-refractivity contribution in [2.75, 3.05) is 6.54 Å². The van der Waals surface area contributed by atoms with Gasteiger partial charge in [0.15, 0.2) is 0 Å². The molecule has 0 aromatic heterocycles. The van der Waals surface area contributed by atoms with Crippen LogP contribution in [0.5, 0.6) is 0 Å². The molecule has 0 fully saturated rings. The van der Waals surface area contributed by atoms with E-state index in [2.05, 4.69) is 5.32 Å². The van der Waals surface area contributed by atoms with Gasteiger partial charge in [-0.3, -0.25) is 9.59 Å². The van der Waals surface area contributed by atoms with Crippen molar-refractivity contribution in [2.45, 2.75) is 19.4 Å². The van der Waals surface area contributed by atoms with E-state index in [1.54, 1.807) is 6.92 Å². The van der Waals surface area contributed by atoms with Gasteiger partial charge in [0, 0.05) is 12.6 Å². The van der Waals surface area contributed by atoms with Crippen molar-refractivity contribution in [1.82, 2.24) is 5.32 Å². The predicted octanol–water partition coefficient (Wildman–Crippen LogP) is -1.25. The van der Waals surface area contributed by atoms with E-state index >= 15 is 0 Å². The van der Waals surface area contributed by atoms with Gasteiger partial charge in [-0.1, -0.05) is 0 Å². The number of hydrogen-bond donors (Lipinski definition) is 3. The molecule has 0 aliphatic rings. The summed E-state index contributed by atoms with van der Waals surface area (Å²) in [6.45, 7) is 2.12. The molecule has 5 N–H and O–H groups in total. The van der Waals surface area contributed by atoms with Gasteiger partial charge < -0.3 is 16.8 Å². The summed E-state index contributed by atoms with van der Waals surface area (Å²) < 4.78 is 0. The quantitative estimate of drug-likeness (QED) is 0.489. The van der Waals surface area contributed by atoms with E-state index in [9.17, 15) is 9.59 Å². The van der Waals surface area contributed by atoms with Gasteiger partial charge in [-0.15, -0.1) is 12.4 Å². The zero-order valence-corrected chi connectivity index (χ0v) is 7.69. The van der Waals surface area contributed by atoms with Crippen LogP contribution < -0.4 is 16.8 Å². The number of carbonyl (C=O) groups excluding carboxylic acids is 2. The molecule has 0 saturated carbocycles. The molecule has 0 rings (SSSR count). The van der Waals surface area contributed by atoms with Crippen LogP contribution in [0.25, 0.3) is 0 Å². The highest BCUT2D eigenvalue weighted by Crippen LogP contribution is 1.77. The molecule has 0 aliphatic carbocycles. The Morgan fingerprint density at radius 2 is 2.00 bits per heavy atom. The first kappa shape index (κ1) is 13.8. The van der Waals surface area contributed by atoms with Crippen molar-refractivity contribution < 1.29 is 9.59 Å². The number of nitrogens with two attached hydrogens (primary N) is 2. The van der Waals surface area contributed by atoms with Crippen molar-refractivity contribution in [3.63, 3.8) is 0 Å². The maximum atomic E-state index is 10.7. The van der Waals surface area contributed by atoms with Gasteiger partial charge >= 0.3 is 0 Å². The monoisotopic (exact) mass is 195 g/mol. The van der Waals surface area contributed by atoms with Crippen LogP contribution in [-0.2, 0) is 9.59 Å². The Kier molecular flexibility index (Phi) is 7.88. The molecule has 12 heavy (non-hydrogen) atoms. The lowest BCUT2D eigenvalue weighted by Crippen LogP contribution is -2.36. The minimum absolute atomic E-state index is 0. The third-order valence-electron chi connectivity index (χ3n) is 0.956. The average Bonchev–Trinajstić information content (AvgIpc) is 1.82. The summed E-state index contributed by atoms with van der Waals surface area (Å²) in [5, 5.41) is 2.45. The Hall–Kier alpha value is -0.810. The number of carbonyl (C=O) groups is 2. The molecule has 72 valence electrons. The zero-order valence-electron chi connectivity index (χ0n) is 6.87. The molecule has 2 amide bonds.